The Balaban J connectivity index is 2.80. The van der Waals surface area contributed by atoms with E-state index in [4.69, 9.17) is 5.73 Å². The van der Waals surface area contributed by atoms with Crippen LogP contribution in [0.2, 0.25) is 0 Å². The van der Waals surface area contributed by atoms with E-state index in [1.165, 1.54) is 0 Å². The van der Waals surface area contributed by atoms with Crippen molar-refractivity contribution in [2.45, 2.75) is 6.92 Å². The molecule has 2 rings (SSSR count). The van der Waals surface area contributed by atoms with Crippen molar-refractivity contribution in [2.24, 2.45) is 0 Å². The van der Waals surface area contributed by atoms with Crippen molar-refractivity contribution < 1.29 is 0 Å². The molecule has 3 nitrogen and oxygen atoms in total. The quantitative estimate of drug-likeness (QED) is 0.709. The molecule has 0 spiro atoms. The van der Waals surface area contributed by atoms with Gasteiger partial charge in [0, 0.05) is 30.9 Å². The summed E-state index contributed by atoms with van der Waals surface area (Å²) in [4.78, 5) is 6.50. The van der Waals surface area contributed by atoms with Crippen LogP contribution in [0.5, 0.6) is 0 Å². The van der Waals surface area contributed by atoms with Crippen molar-refractivity contribution in [3.8, 4) is 0 Å². The Bertz CT molecular complexity index is 498. The van der Waals surface area contributed by atoms with Gasteiger partial charge in [-0.3, -0.25) is 4.98 Å². The van der Waals surface area contributed by atoms with E-state index in [1.54, 1.807) is 12.1 Å². The van der Waals surface area contributed by atoms with Crippen LogP contribution in [0.3, 0.4) is 0 Å². The molecule has 0 saturated carbocycles. The number of hydrogen-bond donors (Lipinski definition) is 0. The molecule has 1 radical (unpaired) electrons. The molecule has 2 aromatic rings. The van der Waals surface area contributed by atoms with Gasteiger partial charge in [-0.05, 0) is 31.2 Å². The van der Waals surface area contributed by atoms with Gasteiger partial charge in [0.1, 0.15) is 0 Å². The predicted molar refractivity (Wildman–Crippen MR) is 63.6 cm³/mol. The SMILES string of the molecule is Cc1cc(N(C)C)c2ccc([NH])cc2n1. The molecule has 1 aromatic carbocycles. The minimum atomic E-state index is 0.505. The minimum Gasteiger partial charge on any atom is -0.377 e. The van der Waals surface area contributed by atoms with Gasteiger partial charge < -0.3 is 10.6 Å². The Hall–Kier alpha value is -1.77. The van der Waals surface area contributed by atoms with Crippen molar-refractivity contribution in [2.75, 3.05) is 19.0 Å². The number of aryl methyl sites for hydroxylation is 1. The van der Waals surface area contributed by atoms with Crippen molar-refractivity contribution in [3.05, 3.63) is 30.0 Å². The van der Waals surface area contributed by atoms with Crippen molar-refractivity contribution in [1.29, 1.82) is 0 Å². The highest BCUT2D eigenvalue weighted by atomic mass is 15.1. The zero-order valence-corrected chi connectivity index (χ0v) is 9.20. The molecule has 1 heterocycles. The van der Waals surface area contributed by atoms with E-state index < -0.39 is 0 Å². The van der Waals surface area contributed by atoms with E-state index in [2.05, 4.69) is 16.0 Å². The third kappa shape index (κ3) is 1.73. The minimum absolute atomic E-state index is 0.505. The van der Waals surface area contributed by atoms with Crippen molar-refractivity contribution in [3.63, 3.8) is 0 Å². The first-order valence-electron chi connectivity index (χ1n) is 4.88. The molecule has 77 valence electrons. The molecular formula is C12H14N3. The molecular weight excluding hydrogens is 186 g/mol. The second-order valence-electron chi connectivity index (χ2n) is 3.91. The van der Waals surface area contributed by atoms with Crippen molar-refractivity contribution in [1.82, 2.24) is 10.7 Å². The molecule has 0 unspecified atom stereocenters. The Labute approximate surface area is 89.5 Å². The molecule has 0 fully saturated rings. The topological polar surface area (TPSA) is 39.9 Å². The Morgan fingerprint density at radius 3 is 2.60 bits per heavy atom. The average Bonchev–Trinajstić information content (AvgIpc) is 2.15. The summed E-state index contributed by atoms with van der Waals surface area (Å²) in [5, 5.41) is 1.10. The van der Waals surface area contributed by atoms with Gasteiger partial charge >= 0.3 is 0 Å². The van der Waals surface area contributed by atoms with Crippen LogP contribution in [0.15, 0.2) is 24.3 Å². The Morgan fingerprint density at radius 2 is 1.93 bits per heavy atom. The lowest BCUT2D eigenvalue weighted by molar-refractivity contribution is 1.12. The highest BCUT2D eigenvalue weighted by Gasteiger charge is 2.05. The highest BCUT2D eigenvalue weighted by molar-refractivity contribution is 5.93. The number of pyridine rings is 1. The van der Waals surface area contributed by atoms with Crippen LogP contribution in [0.1, 0.15) is 5.69 Å². The summed E-state index contributed by atoms with van der Waals surface area (Å²) in [5.41, 5.74) is 11.1. The fourth-order valence-corrected chi connectivity index (χ4v) is 1.71. The molecule has 0 saturated heterocycles. The van der Waals surface area contributed by atoms with Gasteiger partial charge in [-0.25, -0.2) is 0 Å². The number of anilines is 1. The monoisotopic (exact) mass is 200 g/mol. The number of nitrogens with zero attached hydrogens (tertiary/aromatic N) is 2. The fraction of sp³-hybridized carbons (Fsp3) is 0.250. The molecule has 0 aliphatic heterocycles. The van der Waals surface area contributed by atoms with Crippen molar-refractivity contribution >= 4 is 22.3 Å². The van der Waals surface area contributed by atoms with Gasteiger partial charge in [0.05, 0.1) is 11.2 Å². The second kappa shape index (κ2) is 3.42. The third-order valence-corrected chi connectivity index (χ3v) is 2.40. The van der Waals surface area contributed by atoms with E-state index in [0.717, 1.165) is 22.3 Å². The molecule has 15 heavy (non-hydrogen) atoms. The highest BCUT2D eigenvalue weighted by Crippen LogP contribution is 2.26. The fourth-order valence-electron chi connectivity index (χ4n) is 1.71. The zero-order valence-electron chi connectivity index (χ0n) is 9.20. The van der Waals surface area contributed by atoms with E-state index in [-0.39, 0.29) is 0 Å². The second-order valence-corrected chi connectivity index (χ2v) is 3.91. The summed E-state index contributed by atoms with van der Waals surface area (Å²) in [6.45, 7) is 1.98. The maximum atomic E-state index is 7.57. The van der Waals surface area contributed by atoms with Crippen LogP contribution in [0.4, 0.5) is 11.4 Å². The van der Waals surface area contributed by atoms with Crippen LogP contribution < -0.4 is 10.6 Å². The first-order chi connectivity index (χ1) is 7.08. The van der Waals surface area contributed by atoms with Gasteiger partial charge in [-0.15, -0.1) is 0 Å². The summed E-state index contributed by atoms with van der Waals surface area (Å²) >= 11 is 0. The lowest BCUT2D eigenvalue weighted by Gasteiger charge is -2.16. The standard InChI is InChI=1S/C12H14N3/c1-8-6-12(15(2)3)10-5-4-9(13)7-11(10)14-8/h4-7,13H,1-3H3. The van der Waals surface area contributed by atoms with E-state index >= 15 is 0 Å². The molecule has 0 aliphatic rings. The number of aromatic nitrogens is 1. The molecule has 0 atom stereocenters. The van der Waals surface area contributed by atoms with E-state index in [0.29, 0.717) is 5.69 Å². The summed E-state index contributed by atoms with van der Waals surface area (Å²) in [6.07, 6.45) is 0. The number of rotatable bonds is 1. The Kier molecular flexibility index (Phi) is 2.23. The largest absolute Gasteiger partial charge is 0.377 e. The first kappa shape index (κ1) is 9.77. The smallest absolute Gasteiger partial charge is 0.0747 e. The maximum Gasteiger partial charge on any atom is 0.0747 e. The van der Waals surface area contributed by atoms with Crippen LogP contribution in [-0.2, 0) is 0 Å². The summed E-state index contributed by atoms with van der Waals surface area (Å²) in [6, 6.07) is 7.62. The average molecular weight is 200 g/mol. The van der Waals surface area contributed by atoms with Gasteiger partial charge in [0.2, 0.25) is 0 Å². The van der Waals surface area contributed by atoms with E-state index in [1.807, 2.05) is 27.1 Å². The van der Waals surface area contributed by atoms with Crippen LogP contribution >= 0.6 is 0 Å². The van der Waals surface area contributed by atoms with Crippen LogP contribution in [0.25, 0.3) is 10.9 Å². The molecule has 1 N–H and O–H groups in total. The summed E-state index contributed by atoms with van der Waals surface area (Å²) < 4.78 is 0. The maximum absolute atomic E-state index is 7.57. The Morgan fingerprint density at radius 1 is 1.20 bits per heavy atom. The summed E-state index contributed by atoms with van der Waals surface area (Å²) in [7, 11) is 4.03. The van der Waals surface area contributed by atoms with Crippen LogP contribution in [-0.4, -0.2) is 19.1 Å². The number of nitrogens with one attached hydrogen (secondary N) is 1. The molecule has 3 heteroatoms. The van der Waals surface area contributed by atoms with Gasteiger partial charge in [-0.1, -0.05) is 0 Å². The normalized spacial score (nSPS) is 10.6. The van der Waals surface area contributed by atoms with Gasteiger partial charge in [-0.2, -0.15) is 0 Å². The lowest BCUT2D eigenvalue weighted by Crippen LogP contribution is -2.09. The third-order valence-electron chi connectivity index (χ3n) is 2.40. The lowest BCUT2D eigenvalue weighted by atomic mass is 10.1. The van der Waals surface area contributed by atoms with Gasteiger partial charge in [0.15, 0.2) is 0 Å². The first-order valence-corrected chi connectivity index (χ1v) is 4.88. The zero-order chi connectivity index (χ0) is 11.0. The number of benzene rings is 1. The van der Waals surface area contributed by atoms with E-state index in [9.17, 15) is 0 Å². The predicted octanol–water partition coefficient (Wildman–Crippen LogP) is 2.52. The molecule has 0 amide bonds. The van der Waals surface area contributed by atoms with Gasteiger partial charge in [0.25, 0.3) is 0 Å². The summed E-state index contributed by atoms with van der Waals surface area (Å²) in [5.74, 6) is 0. The number of hydrogen-bond acceptors (Lipinski definition) is 2. The van der Waals surface area contributed by atoms with Crippen LogP contribution in [0, 0.1) is 6.92 Å². The molecule has 1 aromatic heterocycles. The number of fused-ring (bicyclic) bond motifs is 1. The molecule has 0 aliphatic carbocycles. The molecule has 0 bridgehead atoms.